The van der Waals surface area contributed by atoms with Gasteiger partial charge in [-0.1, -0.05) is 48.5 Å². The molecule has 26 heavy (non-hydrogen) atoms. The topological polar surface area (TPSA) is 73.8 Å². The van der Waals surface area contributed by atoms with E-state index in [0.717, 1.165) is 11.3 Å². The summed E-state index contributed by atoms with van der Waals surface area (Å²) in [4.78, 5) is 31.3. The van der Waals surface area contributed by atoms with Gasteiger partial charge in [0.05, 0.1) is 0 Å². The number of para-hydroxylation sites is 1. The molecular formula is C20H20N4O2. The van der Waals surface area contributed by atoms with Crippen molar-refractivity contribution in [2.75, 3.05) is 18.4 Å². The number of carbonyl (C=O) groups excluding carboxylic acids is 2. The lowest BCUT2D eigenvalue weighted by atomic mass is 9.98. The Morgan fingerprint density at radius 3 is 2.27 bits per heavy atom. The zero-order chi connectivity index (χ0) is 18.0. The second-order valence-corrected chi connectivity index (χ2v) is 6.60. The number of anilines is 1. The predicted molar refractivity (Wildman–Crippen MR) is 100 cm³/mol. The Bertz CT molecular complexity index is 841. The van der Waals surface area contributed by atoms with E-state index in [4.69, 9.17) is 4.99 Å². The molecule has 1 fully saturated rings. The molecule has 0 radical (unpaired) electrons. The summed E-state index contributed by atoms with van der Waals surface area (Å²) in [6.45, 7) is 1.09. The normalized spacial score (nSPS) is 18.4. The predicted octanol–water partition coefficient (Wildman–Crippen LogP) is 2.63. The number of hydrogen-bond acceptors (Lipinski definition) is 3. The lowest BCUT2D eigenvalue weighted by Crippen LogP contribution is -2.53. The van der Waals surface area contributed by atoms with Crippen LogP contribution in [0, 0.1) is 0 Å². The molecule has 2 aromatic carbocycles. The summed E-state index contributed by atoms with van der Waals surface area (Å²) in [6, 6.07) is 18.8. The fourth-order valence-electron chi connectivity index (χ4n) is 3.40. The van der Waals surface area contributed by atoms with Crippen LogP contribution in [0.5, 0.6) is 0 Å². The molecule has 0 bridgehead atoms. The van der Waals surface area contributed by atoms with Crippen LogP contribution in [0.2, 0.25) is 0 Å². The standard InChI is InChI=1S/C20H20N4O2/c25-18-17(15-7-3-1-4-8-15)22-20(23-18)11-13-24(14-12-20)19(26)21-16-9-5-2-6-10-16/h1-10H,11-14H2,(H,21,26)(H,23,25). The molecule has 2 aliphatic rings. The summed E-state index contributed by atoms with van der Waals surface area (Å²) in [7, 11) is 0. The van der Waals surface area contributed by atoms with Crippen molar-refractivity contribution in [2.45, 2.75) is 18.5 Å². The summed E-state index contributed by atoms with van der Waals surface area (Å²) in [6.07, 6.45) is 1.22. The monoisotopic (exact) mass is 348 g/mol. The molecule has 2 N–H and O–H groups in total. The van der Waals surface area contributed by atoms with Crippen LogP contribution >= 0.6 is 0 Å². The molecule has 132 valence electrons. The highest BCUT2D eigenvalue weighted by Gasteiger charge is 2.42. The van der Waals surface area contributed by atoms with Gasteiger partial charge in [-0.05, 0) is 12.1 Å². The van der Waals surface area contributed by atoms with E-state index in [-0.39, 0.29) is 11.9 Å². The summed E-state index contributed by atoms with van der Waals surface area (Å²) < 4.78 is 0. The first kappa shape index (κ1) is 16.3. The van der Waals surface area contributed by atoms with E-state index in [2.05, 4.69) is 10.6 Å². The Balaban J connectivity index is 1.42. The first-order chi connectivity index (χ1) is 12.7. The van der Waals surface area contributed by atoms with Gasteiger partial charge in [0, 0.05) is 37.2 Å². The Morgan fingerprint density at radius 2 is 1.62 bits per heavy atom. The fraction of sp³-hybridized carbons (Fsp3) is 0.250. The van der Waals surface area contributed by atoms with Gasteiger partial charge in [-0.2, -0.15) is 0 Å². The number of piperidine rings is 1. The molecule has 6 nitrogen and oxygen atoms in total. The van der Waals surface area contributed by atoms with Crippen molar-refractivity contribution in [1.29, 1.82) is 0 Å². The third-order valence-corrected chi connectivity index (χ3v) is 4.84. The zero-order valence-electron chi connectivity index (χ0n) is 14.3. The SMILES string of the molecule is O=C1NC2(CCN(C(=O)Nc3ccccc3)CC2)N=C1c1ccccc1. The maximum absolute atomic E-state index is 12.4. The summed E-state index contributed by atoms with van der Waals surface area (Å²) >= 11 is 0. The molecule has 0 aliphatic carbocycles. The quantitative estimate of drug-likeness (QED) is 0.875. The number of amides is 3. The number of aliphatic imine (C=N–C) groups is 1. The largest absolute Gasteiger partial charge is 0.326 e. The van der Waals surface area contributed by atoms with Gasteiger partial charge < -0.3 is 15.5 Å². The highest BCUT2D eigenvalue weighted by Crippen LogP contribution is 2.29. The number of hydrogen-bond donors (Lipinski definition) is 2. The lowest BCUT2D eigenvalue weighted by molar-refractivity contribution is -0.115. The smallest absolute Gasteiger partial charge is 0.321 e. The van der Waals surface area contributed by atoms with E-state index in [1.165, 1.54) is 0 Å². The summed E-state index contributed by atoms with van der Waals surface area (Å²) in [5.41, 5.74) is 1.49. The molecule has 0 saturated carbocycles. The highest BCUT2D eigenvalue weighted by atomic mass is 16.2. The Hall–Kier alpha value is -3.15. The lowest BCUT2D eigenvalue weighted by Gasteiger charge is -2.37. The highest BCUT2D eigenvalue weighted by molar-refractivity contribution is 6.46. The van der Waals surface area contributed by atoms with Crippen molar-refractivity contribution in [3.8, 4) is 0 Å². The number of urea groups is 1. The van der Waals surface area contributed by atoms with Crippen LogP contribution in [0.1, 0.15) is 18.4 Å². The van der Waals surface area contributed by atoms with Crippen molar-refractivity contribution < 1.29 is 9.59 Å². The van der Waals surface area contributed by atoms with Gasteiger partial charge in [0.25, 0.3) is 5.91 Å². The summed E-state index contributed by atoms with van der Waals surface area (Å²) in [5.74, 6) is -0.140. The number of rotatable bonds is 2. The first-order valence-electron chi connectivity index (χ1n) is 8.74. The van der Waals surface area contributed by atoms with Gasteiger partial charge in [0.2, 0.25) is 0 Å². The average molecular weight is 348 g/mol. The van der Waals surface area contributed by atoms with E-state index in [0.29, 0.717) is 31.6 Å². The van der Waals surface area contributed by atoms with Gasteiger partial charge in [0.15, 0.2) is 0 Å². The molecule has 2 heterocycles. The van der Waals surface area contributed by atoms with Gasteiger partial charge >= 0.3 is 6.03 Å². The van der Waals surface area contributed by atoms with Crippen LogP contribution in [0.4, 0.5) is 10.5 Å². The Labute approximate surface area is 151 Å². The first-order valence-corrected chi connectivity index (χ1v) is 8.74. The third kappa shape index (κ3) is 3.18. The molecule has 1 saturated heterocycles. The molecule has 1 spiro atoms. The van der Waals surface area contributed by atoms with Crippen LogP contribution in [-0.2, 0) is 4.79 Å². The molecule has 2 aliphatic heterocycles. The molecule has 0 atom stereocenters. The van der Waals surface area contributed by atoms with Crippen molar-refractivity contribution in [3.63, 3.8) is 0 Å². The van der Waals surface area contributed by atoms with Gasteiger partial charge in [-0.3, -0.25) is 9.79 Å². The number of nitrogens with one attached hydrogen (secondary N) is 2. The maximum Gasteiger partial charge on any atom is 0.321 e. The molecule has 0 aromatic heterocycles. The molecule has 0 unspecified atom stereocenters. The van der Waals surface area contributed by atoms with Crippen molar-refractivity contribution in [3.05, 3.63) is 66.2 Å². The molecular weight excluding hydrogens is 328 g/mol. The molecule has 6 heteroatoms. The van der Waals surface area contributed by atoms with Crippen LogP contribution in [0.3, 0.4) is 0 Å². The van der Waals surface area contributed by atoms with Crippen molar-refractivity contribution in [2.24, 2.45) is 4.99 Å². The maximum atomic E-state index is 12.4. The van der Waals surface area contributed by atoms with E-state index in [1.807, 2.05) is 60.7 Å². The third-order valence-electron chi connectivity index (χ3n) is 4.84. The second kappa shape index (κ2) is 6.63. The van der Waals surface area contributed by atoms with Crippen LogP contribution < -0.4 is 10.6 Å². The average Bonchev–Trinajstić information content (AvgIpc) is 2.99. The van der Waals surface area contributed by atoms with E-state index >= 15 is 0 Å². The van der Waals surface area contributed by atoms with Crippen molar-refractivity contribution >= 4 is 23.3 Å². The van der Waals surface area contributed by atoms with Gasteiger partial charge in [-0.25, -0.2) is 4.79 Å². The Morgan fingerprint density at radius 1 is 1.00 bits per heavy atom. The minimum Gasteiger partial charge on any atom is -0.326 e. The second-order valence-electron chi connectivity index (χ2n) is 6.60. The zero-order valence-corrected chi connectivity index (χ0v) is 14.3. The van der Waals surface area contributed by atoms with Gasteiger partial charge in [0.1, 0.15) is 11.4 Å². The van der Waals surface area contributed by atoms with E-state index in [1.54, 1.807) is 4.90 Å². The van der Waals surface area contributed by atoms with Crippen LogP contribution in [-0.4, -0.2) is 41.3 Å². The van der Waals surface area contributed by atoms with Crippen LogP contribution in [0.15, 0.2) is 65.7 Å². The number of nitrogens with zero attached hydrogens (tertiary/aromatic N) is 2. The molecule has 2 aromatic rings. The number of carbonyl (C=O) groups is 2. The number of likely N-dealkylation sites (tertiary alicyclic amines) is 1. The fourth-order valence-corrected chi connectivity index (χ4v) is 3.40. The minimum absolute atomic E-state index is 0.123. The van der Waals surface area contributed by atoms with Gasteiger partial charge in [-0.15, -0.1) is 0 Å². The van der Waals surface area contributed by atoms with E-state index < -0.39 is 5.66 Å². The number of benzene rings is 2. The van der Waals surface area contributed by atoms with Crippen LogP contribution in [0.25, 0.3) is 0 Å². The minimum atomic E-state index is -0.591. The summed E-state index contributed by atoms with van der Waals surface area (Å²) in [5, 5.41) is 5.92. The molecule has 3 amide bonds. The molecule has 4 rings (SSSR count). The van der Waals surface area contributed by atoms with E-state index in [9.17, 15) is 9.59 Å². The Kier molecular flexibility index (Phi) is 4.16. The van der Waals surface area contributed by atoms with Crippen molar-refractivity contribution in [1.82, 2.24) is 10.2 Å².